The Morgan fingerprint density at radius 1 is 1.22 bits per heavy atom. The molecule has 0 unspecified atom stereocenters. The van der Waals surface area contributed by atoms with Gasteiger partial charge < -0.3 is 15.2 Å². The number of rotatable bonds is 4. The van der Waals surface area contributed by atoms with E-state index in [1.807, 2.05) is 41.8 Å². The molecule has 2 N–H and O–H groups in total. The molecular formula is C23H20N4O3S2. The molecule has 0 saturated heterocycles. The molecule has 0 fully saturated rings. The zero-order valence-corrected chi connectivity index (χ0v) is 19.3. The fourth-order valence-electron chi connectivity index (χ4n) is 3.38. The first-order valence-electron chi connectivity index (χ1n) is 9.92. The molecule has 4 aromatic heterocycles. The van der Waals surface area contributed by atoms with E-state index in [1.54, 1.807) is 49.2 Å². The minimum Gasteiger partial charge on any atom is -0.456 e. The summed E-state index contributed by atoms with van der Waals surface area (Å²) in [6.07, 6.45) is 3.46. The van der Waals surface area contributed by atoms with Crippen molar-refractivity contribution in [2.24, 2.45) is 0 Å². The zero-order chi connectivity index (χ0) is 22.5. The lowest BCUT2D eigenvalue weighted by Gasteiger charge is -2.12. The molecule has 0 radical (unpaired) electrons. The van der Waals surface area contributed by atoms with E-state index >= 15 is 0 Å². The molecule has 0 aliphatic rings. The summed E-state index contributed by atoms with van der Waals surface area (Å²) in [6.45, 7) is 3.45. The van der Waals surface area contributed by atoms with Gasteiger partial charge in [-0.2, -0.15) is 0 Å². The van der Waals surface area contributed by atoms with Crippen molar-refractivity contribution in [2.75, 3.05) is 7.05 Å². The average Bonchev–Trinajstić information content (AvgIpc) is 3.49. The maximum atomic E-state index is 12.0. The summed E-state index contributed by atoms with van der Waals surface area (Å²) >= 11 is 3.05. The molecule has 1 aromatic carbocycles. The fraction of sp³-hybridized carbons (Fsp3) is 0.174. The number of aliphatic hydroxyl groups is 1. The highest BCUT2D eigenvalue weighted by molar-refractivity contribution is 7.25. The topological polar surface area (TPSA) is 89.3 Å². The maximum Gasteiger partial charge on any atom is 0.325 e. The molecule has 1 amide bonds. The summed E-state index contributed by atoms with van der Waals surface area (Å²) < 4.78 is 8.69. The van der Waals surface area contributed by atoms with Crippen LogP contribution in [0.4, 0.5) is 4.79 Å². The second-order valence-corrected chi connectivity index (χ2v) is 9.70. The Balaban J connectivity index is 1.48. The number of amides is 1. The Hall–Kier alpha value is -3.27. The van der Waals surface area contributed by atoms with Crippen LogP contribution < -0.4 is 10.1 Å². The number of carbonyl (C=O) groups excluding carboxylic acids is 1. The summed E-state index contributed by atoms with van der Waals surface area (Å²) in [5, 5.41) is 16.5. The van der Waals surface area contributed by atoms with E-state index in [-0.39, 0.29) is 6.03 Å². The number of nitrogens with one attached hydrogen (secondary N) is 1. The molecule has 32 heavy (non-hydrogen) atoms. The summed E-state index contributed by atoms with van der Waals surface area (Å²) in [5.74, 6) is 1.38. The number of hydrogen-bond donors (Lipinski definition) is 2. The lowest BCUT2D eigenvalue weighted by Crippen LogP contribution is -2.23. The molecule has 0 aliphatic carbocycles. The van der Waals surface area contributed by atoms with Gasteiger partial charge in [-0.1, -0.05) is 0 Å². The lowest BCUT2D eigenvalue weighted by molar-refractivity contribution is 0.0746. The van der Waals surface area contributed by atoms with Crippen molar-refractivity contribution >= 4 is 49.8 Å². The van der Waals surface area contributed by atoms with Gasteiger partial charge in [-0.15, -0.1) is 22.7 Å². The van der Waals surface area contributed by atoms with Crippen LogP contribution in [0.1, 0.15) is 19.5 Å². The van der Waals surface area contributed by atoms with Crippen molar-refractivity contribution in [1.29, 1.82) is 0 Å². The number of pyridine rings is 1. The van der Waals surface area contributed by atoms with E-state index in [2.05, 4.69) is 15.3 Å². The van der Waals surface area contributed by atoms with Crippen LogP contribution in [0.25, 0.3) is 31.0 Å². The molecule has 0 atom stereocenters. The highest BCUT2D eigenvalue weighted by Gasteiger charge is 2.21. The summed E-state index contributed by atoms with van der Waals surface area (Å²) in [7, 11) is 1.60. The van der Waals surface area contributed by atoms with Gasteiger partial charge in [0.25, 0.3) is 0 Å². The lowest BCUT2D eigenvalue weighted by atomic mass is 10.1. The smallest absolute Gasteiger partial charge is 0.325 e. The number of fused-ring (bicyclic) bond motifs is 2. The minimum absolute atomic E-state index is 0.189. The Morgan fingerprint density at radius 2 is 2.06 bits per heavy atom. The SMILES string of the molecule is CNC(=O)n1ccc2cc(Oc3ccnc4cc(-c5nc(C(C)(C)O)cs5)sc34)ccc21. The van der Waals surface area contributed by atoms with Gasteiger partial charge in [0.15, 0.2) is 0 Å². The number of hydrogen-bond acceptors (Lipinski definition) is 7. The first kappa shape index (κ1) is 20.6. The number of benzene rings is 1. The maximum absolute atomic E-state index is 12.0. The minimum atomic E-state index is -0.979. The quantitative estimate of drug-likeness (QED) is 0.362. The molecule has 0 aliphatic heterocycles. The third-order valence-electron chi connectivity index (χ3n) is 5.04. The largest absolute Gasteiger partial charge is 0.456 e. The van der Waals surface area contributed by atoms with Crippen LogP contribution in [-0.2, 0) is 5.60 Å². The molecule has 4 heterocycles. The van der Waals surface area contributed by atoms with Crippen molar-refractivity contribution < 1.29 is 14.6 Å². The second-order valence-electron chi connectivity index (χ2n) is 7.79. The van der Waals surface area contributed by atoms with E-state index in [0.29, 0.717) is 17.2 Å². The fourth-order valence-corrected chi connectivity index (χ4v) is 5.49. The molecule has 7 nitrogen and oxygen atoms in total. The molecule has 0 saturated carbocycles. The number of ether oxygens (including phenoxy) is 1. The molecular weight excluding hydrogens is 444 g/mol. The van der Waals surface area contributed by atoms with Gasteiger partial charge in [-0.3, -0.25) is 9.55 Å². The number of carbonyl (C=O) groups is 1. The van der Waals surface area contributed by atoms with Gasteiger partial charge >= 0.3 is 6.03 Å². The van der Waals surface area contributed by atoms with E-state index in [4.69, 9.17) is 4.74 Å². The molecule has 5 rings (SSSR count). The molecule has 5 aromatic rings. The summed E-state index contributed by atoms with van der Waals surface area (Å²) in [4.78, 5) is 22.0. The monoisotopic (exact) mass is 464 g/mol. The van der Waals surface area contributed by atoms with Crippen LogP contribution in [0, 0.1) is 0 Å². The average molecular weight is 465 g/mol. The summed E-state index contributed by atoms with van der Waals surface area (Å²) in [6, 6.07) is 11.1. The highest BCUT2D eigenvalue weighted by Crippen LogP contribution is 2.41. The van der Waals surface area contributed by atoms with Gasteiger partial charge in [0.05, 0.1) is 26.3 Å². The van der Waals surface area contributed by atoms with Crippen molar-refractivity contribution in [3.8, 4) is 21.4 Å². The van der Waals surface area contributed by atoms with Crippen LogP contribution in [0.15, 0.2) is 54.2 Å². The van der Waals surface area contributed by atoms with E-state index in [0.717, 1.165) is 31.0 Å². The number of nitrogens with zero attached hydrogens (tertiary/aromatic N) is 3. The first-order chi connectivity index (χ1) is 15.3. The normalized spacial score (nSPS) is 11.9. The number of aromatic nitrogens is 3. The van der Waals surface area contributed by atoms with Crippen molar-refractivity contribution in [1.82, 2.24) is 19.9 Å². The van der Waals surface area contributed by atoms with Crippen LogP contribution in [0.3, 0.4) is 0 Å². The second kappa shape index (κ2) is 7.70. The van der Waals surface area contributed by atoms with E-state index < -0.39 is 5.60 Å². The first-order valence-corrected chi connectivity index (χ1v) is 11.6. The van der Waals surface area contributed by atoms with Gasteiger partial charge in [-0.25, -0.2) is 9.78 Å². The van der Waals surface area contributed by atoms with Crippen LogP contribution in [0.5, 0.6) is 11.5 Å². The van der Waals surface area contributed by atoms with Crippen molar-refractivity contribution in [3.05, 3.63) is 59.9 Å². The predicted molar refractivity (Wildman–Crippen MR) is 128 cm³/mol. The van der Waals surface area contributed by atoms with Crippen molar-refractivity contribution in [2.45, 2.75) is 19.4 Å². The van der Waals surface area contributed by atoms with E-state index in [9.17, 15) is 9.90 Å². The van der Waals surface area contributed by atoms with Gasteiger partial charge in [0, 0.05) is 36.3 Å². The van der Waals surface area contributed by atoms with E-state index in [1.165, 1.54) is 11.3 Å². The Morgan fingerprint density at radius 3 is 2.81 bits per heavy atom. The third kappa shape index (κ3) is 3.64. The van der Waals surface area contributed by atoms with Gasteiger partial charge in [0.2, 0.25) is 0 Å². The van der Waals surface area contributed by atoms with Crippen molar-refractivity contribution in [3.63, 3.8) is 0 Å². The number of thiophene rings is 1. The predicted octanol–water partition coefficient (Wildman–Crippen LogP) is 5.58. The molecule has 9 heteroatoms. The van der Waals surface area contributed by atoms with Crippen LogP contribution in [-0.4, -0.2) is 32.7 Å². The molecule has 162 valence electrons. The Kier molecular flexibility index (Phi) is 4.96. The van der Waals surface area contributed by atoms with Crippen LogP contribution in [0.2, 0.25) is 0 Å². The molecule has 0 bridgehead atoms. The summed E-state index contributed by atoms with van der Waals surface area (Å²) in [5.41, 5.74) is 1.31. The van der Waals surface area contributed by atoms with Gasteiger partial charge in [-0.05, 0) is 44.2 Å². The molecule has 0 spiro atoms. The Labute approximate surface area is 191 Å². The Bertz CT molecular complexity index is 1460. The standard InChI is InChI=1S/C23H20N4O3S2/c1-23(2,29)19-12-31-21(26-19)18-11-15-20(32-18)17(6-8-25-15)30-14-4-5-16-13(10-14)7-9-27(16)22(28)24-3/h4-12,29H,1-3H3,(H,24,28). The highest BCUT2D eigenvalue weighted by atomic mass is 32.1. The van der Waals surface area contributed by atoms with Crippen LogP contribution >= 0.6 is 22.7 Å². The zero-order valence-electron chi connectivity index (χ0n) is 17.6. The third-order valence-corrected chi connectivity index (χ3v) is 7.19. The number of thiazole rings is 1. The van der Waals surface area contributed by atoms with Gasteiger partial charge in [0.1, 0.15) is 22.1 Å².